The highest BCUT2D eigenvalue weighted by Gasteiger charge is 2.19. The van der Waals surface area contributed by atoms with Gasteiger partial charge in [0.1, 0.15) is 17.0 Å². The molecule has 0 aliphatic heterocycles. The zero-order valence-corrected chi connectivity index (χ0v) is 16.6. The summed E-state index contributed by atoms with van der Waals surface area (Å²) >= 11 is 0. The predicted molar refractivity (Wildman–Crippen MR) is 113 cm³/mol. The van der Waals surface area contributed by atoms with Crippen LogP contribution in [0, 0.1) is 0 Å². The molecular formula is C22H21N3O5. The number of carbonyl (C=O) groups is 2. The third-order valence-corrected chi connectivity index (χ3v) is 4.53. The Morgan fingerprint density at radius 1 is 1.27 bits per heavy atom. The minimum Gasteiger partial charge on any atom is -0.506 e. The zero-order valence-electron chi connectivity index (χ0n) is 16.6. The van der Waals surface area contributed by atoms with Crippen molar-refractivity contribution in [1.82, 2.24) is 14.9 Å². The first kappa shape index (κ1) is 20.9. The highest BCUT2D eigenvalue weighted by Crippen LogP contribution is 2.25. The van der Waals surface area contributed by atoms with Crippen LogP contribution < -0.4 is 10.9 Å². The summed E-state index contributed by atoms with van der Waals surface area (Å²) in [5.41, 5.74) is 0.341. The van der Waals surface area contributed by atoms with E-state index in [1.165, 1.54) is 30.0 Å². The molecule has 1 aromatic carbocycles. The topological polar surface area (TPSA) is 111 Å². The van der Waals surface area contributed by atoms with Crippen LogP contribution in [-0.4, -0.2) is 46.6 Å². The lowest BCUT2D eigenvalue weighted by Gasteiger charge is -2.09. The molecular weight excluding hydrogens is 386 g/mol. The average Bonchev–Trinajstić information content (AvgIpc) is 2.76. The lowest BCUT2D eigenvalue weighted by Crippen LogP contribution is -2.26. The van der Waals surface area contributed by atoms with Crippen LogP contribution in [0.15, 0.2) is 53.5 Å². The minimum absolute atomic E-state index is 0.262. The third kappa shape index (κ3) is 4.28. The van der Waals surface area contributed by atoms with Crippen LogP contribution in [0.2, 0.25) is 0 Å². The zero-order chi connectivity index (χ0) is 21.7. The van der Waals surface area contributed by atoms with Gasteiger partial charge in [0.05, 0.1) is 12.0 Å². The number of hydrogen-bond acceptors (Lipinski definition) is 6. The maximum Gasteiger partial charge on any atom is 0.266 e. The molecule has 0 fully saturated rings. The number of hydrogen-bond donors (Lipinski definition) is 2. The number of allylic oxidation sites excluding steroid dienone is 1. The monoisotopic (exact) mass is 407 g/mol. The van der Waals surface area contributed by atoms with E-state index in [1.54, 1.807) is 43.5 Å². The molecule has 1 amide bonds. The van der Waals surface area contributed by atoms with E-state index in [2.05, 4.69) is 10.3 Å². The molecule has 30 heavy (non-hydrogen) atoms. The van der Waals surface area contributed by atoms with Crippen LogP contribution in [0.25, 0.3) is 17.1 Å². The first-order valence-corrected chi connectivity index (χ1v) is 9.20. The van der Waals surface area contributed by atoms with Gasteiger partial charge in [0.15, 0.2) is 5.78 Å². The molecule has 0 aliphatic carbocycles. The number of nitrogens with one attached hydrogen (secondary N) is 1. The van der Waals surface area contributed by atoms with Crippen LogP contribution in [0.1, 0.15) is 26.3 Å². The number of fused-ring (bicyclic) bond motifs is 1. The Balaban J connectivity index is 1.88. The molecule has 154 valence electrons. The lowest BCUT2D eigenvalue weighted by molar-refractivity contribution is 0.0936. The van der Waals surface area contributed by atoms with Gasteiger partial charge in [0.25, 0.3) is 11.5 Å². The van der Waals surface area contributed by atoms with E-state index in [0.717, 1.165) is 0 Å². The van der Waals surface area contributed by atoms with E-state index >= 15 is 0 Å². The van der Waals surface area contributed by atoms with Gasteiger partial charge in [-0.05, 0) is 35.9 Å². The number of benzene rings is 1. The van der Waals surface area contributed by atoms with E-state index in [-0.39, 0.29) is 17.1 Å². The number of methoxy groups -OCH3 is 1. The number of aromatic nitrogens is 2. The molecule has 0 radical (unpaired) electrons. The van der Waals surface area contributed by atoms with Crippen molar-refractivity contribution in [3.63, 3.8) is 0 Å². The molecule has 3 aromatic rings. The second-order valence-corrected chi connectivity index (χ2v) is 6.53. The Hall–Kier alpha value is -3.78. The van der Waals surface area contributed by atoms with Gasteiger partial charge in [0, 0.05) is 32.5 Å². The maximum absolute atomic E-state index is 12.7. The summed E-state index contributed by atoms with van der Waals surface area (Å²) in [5, 5.41) is 13.5. The average molecular weight is 407 g/mol. The van der Waals surface area contributed by atoms with Gasteiger partial charge in [0.2, 0.25) is 0 Å². The number of amides is 1. The molecule has 3 rings (SSSR count). The van der Waals surface area contributed by atoms with E-state index in [1.807, 2.05) is 0 Å². The van der Waals surface area contributed by atoms with Crippen LogP contribution >= 0.6 is 0 Å². The molecule has 0 spiro atoms. The number of ketones is 1. The Bertz CT molecular complexity index is 1200. The summed E-state index contributed by atoms with van der Waals surface area (Å²) < 4.78 is 6.12. The smallest absolute Gasteiger partial charge is 0.266 e. The van der Waals surface area contributed by atoms with Crippen molar-refractivity contribution in [3.8, 4) is 5.75 Å². The summed E-state index contributed by atoms with van der Waals surface area (Å²) in [5.74, 6) is -1.31. The normalized spacial score (nSPS) is 11.1. The van der Waals surface area contributed by atoms with Crippen molar-refractivity contribution in [1.29, 1.82) is 0 Å². The third-order valence-electron chi connectivity index (χ3n) is 4.53. The van der Waals surface area contributed by atoms with Crippen molar-refractivity contribution in [2.75, 3.05) is 20.3 Å². The predicted octanol–water partition coefficient (Wildman–Crippen LogP) is 1.91. The Kier molecular flexibility index (Phi) is 6.38. The lowest BCUT2D eigenvalue weighted by atomic mass is 10.1. The fourth-order valence-corrected chi connectivity index (χ4v) is 2.98. The molecule has 2 N–H and O–H groups in total. The second-order valence-electron chi connectivity index (χ2n) is 6.53. The van der Waals surface area contributed by atoms with E-state index < -0.39 is 17.1 Å². The summed E-state index contributed by atoms with van der Waals surface area (Å²) in [6, 6.07) is 9.88. The van der Waals surface area contributed by atoms with Gasteiger partial charge in [-0.1, -0.05) is 18.2 Å². The van der Waals surface area contributed by atoms with Gasteiger partial charge < -0.3 is 15.2 Å². The van der Waals surface area contributed by atoms with E-state index in [4.69, 9.17) is 4.74 Å². The summed E-state index contributed by atoms with van der Waals surface area (Å²) in [6.45, 7) is 0.785. The highest BCUT2D eigenvalue weighted by molar-refractivity contribution is 6.11. The number of pyridine rings is 2. The molecule has 0 aliphatic rings. The SMILES string of the molecule is COCCNC(=O)c1cccc(C=CC(=O)c2c(O)c3cccnc3n(C)c2=O)c1. The molecule has 0 atom stereocenters. The Labute approximate surface area is 172 Å². The molecule has 2 heterocycles. The molecule has 2 aromatic heterocycles. The van der Waals surface area contributed by atoms with E-state index in [9.17, 15) is 19.5 Å². The van der Waals surface area contributed by atoms with Crippen LogP contribution in [0.4, 0.5) is 0 Å². The summed E-state index contributed by atoms with van der Waals surface area (Å²) in [6.07, 6.45) is 4.18. The number of ether oxygens (including phenoxy) is 1. The first-order chi connectivity index (χ1) is 14.4. The van der Waals surface area contributed by atoms with Crippen molar-refractivity contribution in [3.05, 3.63) is 75.7 Å². The molecule has 8 nitrogen and oxygen atoms in total. The molecule has 8 heteroatoms. The van der Waals surface area contributed by atoms with Crippen molar-refractivity contribution in [2.24, 2.45) is 7.05 Å². The molecule has 0 saturated carbocycles. The van der Waals surface area contributed by atoms with Crippen LogP contribution in [-0.2, 0) is 11.8 Å². The number of rotatable bonds is 7. The Morgan fingerprint density at radius 2 is 2.07 bits per heavy atom. The largest absolute Gasteiger partial charge is 0.506 e. The van der Waals surface area contributed by atoms with Gasteiger partial charge in [-0.2, -0.15) is 0 Å². The van der Waals surface area contributed by atoms with Gasteiger partial charge in [-0.15, -0.1) is 0 Å². The summed E-state index contributed by atoms with van der Waals surface area (Å²) in [4.78, 5) is 41.5. The highest BCUT2D eigenvalue weighted by atomic mass is 16.5. The van der Waals surface area contributed by atoms with Crippen LogP contribution in [0.3, 0.4) is 0 Å². The number of carbonyl (C=O) groups excluding carboxylic acids is 2. The fourth-order valence-electron chi connectivity index (χ4n) is 2.98. The minimum atomic E-state index is -0.645. The van der Waals surface area contributed by atoms with Gasteiger partial charge in [-0.3, -0.25) is 19.0 Å². The van der Waals surface area contributed by atoms with Crippen molar-refractivity contribution in [2.45, 2.75) is 0 Å². The van der Waals surface area contributed by atoms with Gasteiger partial charge >= 0.3 is 0 Å². The fraction of sp³-hybridized carbons (Fsp3) is 0.182. The number of aryl methyl sites for hydroxylation is 1. The second kappa shape index (κ2) is 9.15. The molecule has 0 unspecified atom stereocenters. The standard InChI is InChI=1S/C22H21N3O5/c1-25-20-16(7-4-10-23-20)19(27)18(22(25)29)17(26)9-8-14-5-3-6-15(13-14)21(28)24-11-12-30-2/h3-10,13,27H,11-12H2,1-2H3,(H,24,28). The molecule has 0 saturated heterocycles. The number of aromatic hydroxyl groups is 1. The first-order valence-electron chi connectivity index (χ1n) is 9.20. The van der Waals surface area contributed by atoms with Crippen LogP contribution in [0.5, 0.6) is 5.75 Å². The van der Waals surface area contributed by atoms with Crippen molar-refractivity contribution < 1.29 is 19.4 Å². The molecule has 0 bridgehead atoms. The quantitative estimate of drug-likeness (QED) is 0.352. The summed E-state index contributed by atoms with van der Waals surface area (Å²) in [7, 11) is 3.04. The maximum atomic E-state index is 12.7. The number of nitrogens with zero attached hydrogens (tertiary/aromatic N) is 2. The van der Waals surface area contributed by atoms with Gasteiger partial charge in [-0.25, -0.2) is 4.98 Å². The van der Waals surface area contributed by atoms with E-state index in [0.29, 0.717) is 29.7 Å². The Morgan fingerprint density at radius 3 is 2.83 bits per heavy atom. The van der Waals surface area contributed by atoms with Crippen molar-refractivity contribution >= 4 is 28.8 Å².